The van der Waals surface area contributed by atoms with Crippen molar-refractivity contribution < 1.29 is 0 Å². The van der Waals surface area contributed by atoms with Crippen LogP contribution in [0, 0.1) is 0 Å². The van der Waals surface area contributed by atoms with Gasteiger partial charge in [-0.05, 0) is 6.07 Å². The van der Waals surface area contributed by atoms with Crippen molar-refractivity contribution in [1.29, 1.82) is 0 Å². The molecule has 0 fully saturated rings. The SMILES string of the molecule is CC(C)NCc1cnccc1N(C)Cc1cscn1. The highest BCUT2D eigenvalue weighted by Crippen LogP contribution is 2.20. The van der Waals surface area contributed by atoms with Gasteiger partial charge in [0.25, 0.3) is 0 Å². The maximum Gasteiger partial charge on any atom is 0.0795 e. The van der Waals surface area contributed by atoms with E-state index in [-0.39, 0.29) is 0 Å². The molecule has 0 radical (unpaired) electrons. The molecule has 0 atom stereocenters. The molecule has 0 aliphatic heterocycles. The van der Waals surface area contributed by atoms with Crippen LogP contribution in [0.25, 0.3) is 0 Å². The van der Waals surface area contributed by atoms with Crippen LogP contribution in [-0.2, 0) is 13.1 Å². The van der Waals surface area contributed by atoms with E-state index in [1.165, 1.54) is 11.3 Å². The molecule has 0 spiro atoms. The fraction of sp³-hybridized carbons (Fsp3) is 0.429. The molecule has 0 aromatic carbocycles. The number of hydrogen-bond acceptors (Lipinski definition) is 5. The number of nitrogens with one attached hydrogen (secondary N) is 1. The summed E-state index contributed by atoms with van der Waals surface area (Å²) in [6.45, 7) is 5.95. The Bertz CT molecular complexity index is 496. The fourth-order valence-electron chi connectivity index (χ4n) is 1.89. The summed E-state index contributed by atoms with van der Waals surface area (Å²) in [6, 6.07) is 2.53. The zero-order valence-corrected chi connectivity index (χ0v) is 12.4. The van der Waals surface area contributed by atoms with Gasteiger partial charge in [0.2, 0.25) is 0 Å². The van der Waals surface area contributed by atoms with E-state index in [2.05, 4.69) is 52.5 Å². The van der Waals surface area contributed by atoms with Crippen molar-refractivity contribution in [2.24, 2.45) is 0 Å². The average molecular weight is 276 g/mol. The predicted molar refractivity (Wildman–Crippen MR) is 80.4 cm³/mol. The van der Waals surface area contributed by atoms with Crippen LogP contribution < -0.4 is 10.2 Å². The minimum Gasteiger partial charge on any atom is -0.368 e. The maximum atomic E-state index is 4.33. The standard InChI is InChI=1S/C14H20N4S/c1-11(2)16-7-12-6-15-5-4-14(12)18(3)8-13-9-19-10-17-13/h4-6,9-11,16H,7-8H2,1-3H3. The first-order chi connectivity index (χ1) is 9.16. The third-order valence-corrected chi connectivity index (χ3v) is 3.51. The van der Waals surface area contributed by atoms with Crippen molar-refractivity contribution in [2.45, 2.75) is 33.0 Å². The first-order valence-corrected chi connectivity index (χ1v) is 7.35. The van der Waals surface area contributed by atoms with Gasteiger partial charge in [-0.15, -0.1) is 11.3 Å². The van der Waals surface area contributed by atoms with E-state index in [9.17, 15) is 0 Å². The molecule has 2 aromatic rings. The van der Waals surface area contributed by atoms with Crippen molar-refractivity contribution in [3.63, 3.8) is 0 Å². The lowest BCUT2D eigenvalue weighted by Gasteiger charge is -2.22. The number of nitrogens with zero attached hydrogens (tertiary/aromatic N) is 3. The van der Waals surface area contributed by atoms with E-state index in [0.29, 0.717) is 6.04 Å². The Morgan fingerprint density at radius 1 is 1.42 bits per heavy atom. The van der Waals surface area contributed by atoms with Crippen molar-refractivity contribution in [3.05, 3.63) is 40.6 Å². The molecule has 2 aromatic heterocycles. The third-order valence-electron chi connectivity index (χ3n) is 2.87. The van der Waals surface area contributed by atoms with E-state index in [1.807, 2.05) is 17.9 Å². The fourth-order valence-corrected chi connectivity index (χ4v) is 2.44. The lowest BCUT2D eigenvalue weighted by Crippen LogP contribution is -2.24. The lowest BCUT2D eigenvalue weighted by atomic mass is 10.2. The van der Waals surface area contributed by atoms with Gasteiger partial charge in [-0.1, -0.05) is 13.8 Å². The molecule has 19 heavy (non-hydrogen) atoms. The molecule has 2 heterocycles. The van der Waals surface area contributed by atoms with Crippen LogP contribution in [0.4, 0.5) is 5.69 Å². The molecule has 0 saturated carbocycles. The molecule has 1 N–H and O–H groups in total. The predicted octanol–water partition coefficient (Wildman–Crippen LogP) is 2.67. The van der Waals surface area contributed by atoms with E-state index < -0.39 is 0 Å². The van der Waals surface area contributed by atoms with Gasteiger partial charge < -0.3 is 10.2 Å². The quantitative estimate of drug-likeness (QED) is 0.880. The number of rotatable bonds is 6. The van der Waals surface area contributed by atoms with Crippen LogP contribution in [0.15, 0.2) is 29.4 Å². The number of anilines is 1. The molecule has 0 saturated heterocycles. The normalized spacial score (nSPS) is 10.9. The average Bonchev–Trinajstić information content (AvgIpc) is 2.89. The van der Waals surface area contributed by atoms with Crippen LogP contribution in [-0.4, -0.2) is 23.1 Å². The van der Waals surface area contributed by atoms with Crippen molar-refractivity contribution in [1.82, 2.24) is 15.3 Å². The lowest BCUT2D eigenvalue weighted by molar-refractivity contribution is 0.587. The first kappa shape index (κ1) is 14.0. The van der Waals surface area contributed by atoms with Gasteiger partial charge >= 0.3 is 0 Å². The van der Waals surface area contributed by atoms with E-state index in [1.54, 1.807) is 11.3 Å². The molecule has 4 nitrogen and oxygen atoms in total. The Labute approximate surface area is 118 Å². The molecule has 0 amide bonds. The Balaban J connectivity index is 2.09. The van der Waals surface area contributed by atoms with Gasteiger partial charge in [0, 0.05) is 48.7 Å². The summed E-state index contributed by atoms with van der Waals surface area (Å²) in [6.07, 6.45) is 3.77. The summed E-state index contributed by atoms with van der Waals surface area (Å²) in [4.78, 5) is 10.8. The molecule has 0 aliphatic rings. The van der Waals surface area contributed by atoms with Crippen LogP contribution in [0.1, 0.15) is 25.1 Å². The van der Waals surface area contributed by atoms with Gasteiger partial charge in [-0.25, -0.2) is 4.98 Å². The van der Waals surface area contributed by atoms with E-state index in [0.717, 1.165) is 18.8 Å². The second kappa shape index (κ2) is 6.63. The number of thiazole rings is 1. The maximum absolute atomic E-state index is 4.33. The summed E-state index contributed by atoms with van der Waals surface area (Å²) in [5.41, 5.74) is 5.40. The highest BCUT2D eigenvalue weighted by molar-refractivity contribution is 7.07. The second-order valence-corrected chi connectivity index (χ2v) is 5.59. The number of aromatic nitrogens is 2. The highest BCUT2D eigenvalue weighted by atomic mass is 32.1. The minimum atomic E-state index is 0.469. The van der Waals surface area contributed by atoms with Crippen molar-refractivity contribution in [2.75, 3.05) is 11.9 Å². The van der Waals surface area contributed by atoms with Crippen LogP contribution in [0.3, 0.4) is 0 Å². The summed E-state index contributed by atoms with van der Waals surface area (Å²) in [5, 5.41) is 5.52. The minimum absolute atomic E-state index is 0.469. The van der Waals surface area contributed by atoms with Crippen molar-refractivity contribution >= 4 is 17.0 Å². The molecular formula is C14H20N4S. The molecule has 0 bridgehead atoms. The second-order valence-electron chi connectivity index (χ2n) is 4.88. The van der Waals surface area contributed by atoms with Gasteiger partial charge in [-0.2, -0.15) is 0 Å². The zero-order chi connectivity index (χ0) is 13.7. The topological polar surface area (TPSA) is 41.1 Å². The zero-order valence-electron chi connectivity index (χ0n) is 11.6. The van der Waals surface area contributed by atoms with Crippen LogP contribution in [0.2, 0.25) is 0 Å². The third kappa shape index (κ3) is 4.01. The molecule has 2 rings (SSSR count). The monoisotopic (exact) mass is 276 g/mol. The van der Waals surface area contributed by atoms with Crippen LogP contribution in [0.5, 0.6) is 0 Å². The van der Waals surface area contributed by atoms with Gasteiger partial charge in [0.05, 0.1) is 17.7 Å². The number of pyridine rings is 1. The highest BCUT2D eigenvalue weighted by Gasteiger charge is 2.09. The summed E-state index contributed by atoms with van der Waals surface area (Å²) in [5.74, 6) is 0. The van der Waals surface area contributed by atoms with E-state index in [4.69, 9.17) is 0 Å². The van der Waals surface area contributed by atoms with E-state index >= 15 is 0 Å². The summed E-state index contributed by atoms with van der Waals surface area (Å²) < 4.78 is 0. The molecule has 0 aliphatic carbocycles. The molecule has 5 heteroatoms. The van der Waals surface area contributed by atoms with Crippen molar-refractivity contribution in [3.8, 4) is 0 Å². The van der Waals surface area contributed by atoms with Gasteiger partial charge in [-0.3, -0.25) is 4.98 Å². The Kier molecular flexibility index (Phi) is 4.87. The molecule has 0 unspecified atom stereocenters. The first-order valence-electron chi connectivity index (χ1n) is 6.41. The smallest absolute Gasteiger partial charge is 0.0795 e. The largest absolute Gasteiger partial charge is 0.368 e. The molecule has 102 valence electrons. The van der Waals surface area contributed by atoms with Gasteiger partial charge in [0.15, 0.2) is 0 Å². The summed E-state index contributed by atoms with van der Waals surface area (Å²) >= 11 is 1.63. The Hall–Kier alpha value is -1.46. The van der Waals surface area contributed by atoms with Crippen LogP contribution >= 0.6 is 11.3 Å². The van der Waals surface area contributed by atoms with Gasteiger partial charge in [0.1, 0.15) is 0 Å². The number of hydrogen-bond donors (Lipinski definition) is 1. The molecular weight excluding hydrogens is 256 g/mol. The Morgan fingerprint density at radius 3 is 2.95 bits per heavy atom. The Morgan fingerprint density at radius 2 is 2.26 bits per heavy atom. The summed E-state index contributed by atoms with van der Waals surface area (Å²) in [7, 11) is 2.09.